The van der Waals surface area contributed by atoms with E-state index in [9.17, 15) is 0 Å². The molecule has 1 unspecified atom stereocenters. The van der Waals surface area contributed by atoms with Gasteiger partial charge in [0.1, 0.15) is 6.17 Å². The van der Waals surface area contributed by atoms with Gasteiger partial charge < -0.3 is 4.90 Å². The molecule has 3 rings (SSSR count). The Morgan fingerprint density at radius 1 is 0.833 bits per heavy atom. The number of unbranched alkanes of at least 4 members (excludes halogenated alkanes) is 5. The van der Waals surface area contributed by atoms with Crippen molar-refractivity contribution < 1.29 is 0 Å². The molecule has 1 aliphatic rings. The highest BCUT2D eigenvalue weighted by Gasteiger charge is 2.18. The lowest BCUT2D eigenvalue weighted by atomic mass is 10.1. The van der Waals surface area contributed by atoms with Crippen LogP contribution >= 0.6 is 0 Å². The molecule has 2 aromatic carbocycles. The Balaban J connectivity index is 1.73. The second-order valence-electron chi connectivity index (χ2n) is 6.61. The number of rotatable bonds is 8. The van der Waals surface area contributed by atoms with E-state index in [-0.39, 0.29) is 6.17 Å². The molecule has 0 aliphatic carbocycles. The van der Waals surface area contributed by atoms with Gasteiger partial charge in [-0.1, -0.05) is 87.6 Å². The van der Waals surface area contributed by atoms with Gasteiger partial charge in [-0.05, 0) is 18.1 Å². The molecule has 2 heteroatoms. The number of para-hydroxylation sites is 1. The molecule has 1 atom stereocenters. The van der Waals surface area contributed by atoms with E-state index >= 15 is 0 Å². The van der Waals surface area contributed by atoms with Crippen molar-refractivity contribution in [3.63, 3.8) is 0 Å². The summed E-state index contributed by atoms with van der Waals surface area (Å²) in [5.41, 5.74) is 1.27. The largest absolute Gasteiger partial charge is 0.352 e. The van der Waals surface area contributed by atoms with Crippen LogP contribution in [-0.2, 0) is 0 Å². The Morgan fingerprint density at radius 2 is 1.54 bits per heavy atom. The van der Waals surface area contributed by atoms with Gasteiger partial charge >= 0.3 is 0 Å². The highest BCUT2D eigenvalue weighted by molar-refractivity contribution is 5.30. The zero-order valence-electron chi connectivity index (χ0n) is 14.7. The number of hydrogen-bond donors (Lipinski definition) is 0. The minimum absolute atomic E-state index is 0.108. The smallest absolute Gasteiger partial charge is 0.147 e. The molecule has 0 saturated carbocycles. The minimum Gasteiger partial charge on any atom is -0.352 e. The maximum atomic E-state index is 5.02. The van der Waals surface area contributed by atoms with Crippen LogP contribution in [-0.4, -0.2) is 11.4 Å². The van der Waals surface area contributed by atoms with E-state index in [1.165, 1.54) is 49.3 Å². The summed E-state index contributed by atoms with van der Waals surface area (Å²) in [5, 5.41) is 2.33. The van der Waals surface area contributed by atoms with E-state index in [1.807, 2.05) is 0 Å². The van der Waals surface area contributed by atoms with E-state index in [1.54, 1.807) is 0 Å². The van der Waals surface area contributed by atoms with Gasteiger partial charge in [0.05, 0.1) is 5.36 Å². The van der Waals surface area contributed by atoms with Gasteiger partial charge in [-0.25, -0.2) is 0 Å². The van der Waals surface area contributed by atoms with Crippen molar-refractivity contribution in [1.82, 2.24) is 4.90 Å². The van der Waals surface area contributed by atoms with Crippen molar-refractivity contribution >= 4 is 6.20 Å². The predicted octanol–water partition coefficient (Wildman–Crippen LogP) is 4.42. The predicted molar refractivity (Wildman–Crippen MR) is 101 cm³/mol. The third-order valence-corrected chi connectivity index (χ3v) is 4.68. The Hall–Kier alpha value is -2.09. The zero-order valence-corrected chi connectivity index (χ0v) is 14.7. The first-order chi connectivity index (χ1) is 11.9. The molecule has 126 valence electrons. The number of benzene rings is 2. The number of fused-ring (bicyclic) bond motifs is 1. The van der Waals surface area contributed by atoms with Crippen LogP contribution in [0.15, 0.2) is 59.6 Å². The Kier molecular flexibility index (Phi) is 6.06. The third-order valence-electron chi connectivity index (χ3n) is 4.68. The molecule has 2 aromatic rings. The summed E-state index contributed by atoms with van der Waals surface area (Å²) in [6, 6.07) is 19.1. The van der Waals surface area contributed by atoms with Crippen LogP contribution in [0.2, 0.25) is 0 Å². The SMILES string of the molecule is CCCCCCCCN1C=c2ccccc2=NC1c1ccccc1. The molecule has 0 aromatic heterocycles. The van der Waals surface area contributed by atoms with E-state index in [0.717, 1.165) is 11.9 Å². The average Bonchev–Trinajstić information content (AvgIpc) is 2.64. The van der Waals surface area contributed by atoms with Crippen LogP contribution < -0.4 is 10.6 Å². The monoisotopic (exact) mass is 320 g/mol. The molecule has 2 nitrogen and oxygen atoms in total. The average molecular weight is 320 g/mol. The van der Waals surface area contributed by atoms with Crippen molar-refractivity contribution in [2.75, 3.05) is 6.54 Å². The van der Waals surface area contributed by atoms with Crippen LogP contribution in [0.4, 0.5) is 0 Å². The molecule has 0 fully saturated rings. The Labute approximate surface area is 145 Å². The van der Waals surface area contributed by atoms with Gasteiger partial charge in [0.2, 0.25) is 0 Å². The lowest BCUT2D eigenvalue weighted by Crippen LogP contribution is -2.38. The Bertz CT molecular complexity index is 736. The summed E-state index contributed by atoms with van der Waals surface area (Å²) < 4.78 is 0. The fraction of sp³-hybridized carbons (Fsp3) is 0.409. The molecule has 0 spiro atoms. The van der Waals surface area contributed by atoms with Crippen molar-refractivity contribution in [3.8, 4) is 0 Å². The van der Waals surface area contributed by atoms with E-state index in [0.29, 0.717) is 0 Å². The lowest BCUT2D eigenvalue weighted by molar-refractivity contribution is 0.298. The first-order valence-electron chi connectivity index (χ1n) is 9.34. The topological polar surface area (TPSA) is 15.6 Å². The second-order valence-corrected chi connectivity index (χ2v) is 6.61. The molecule has 0 saturated heterocycles. The molecule has 0 radical (unpaired) electrons. The summed E-state index contributed by atoms with van der Waals surface area (Å²) in [6.45, 7) is 3.34. The molecular weight excluding hydrogens is 292 g/mol. The van der Waals surface area contributed by atoms with Crippen molar-refractivity contribution in [1.29, 1.82) is 0 Å². The van der Waals surface area contributed by atoms with Crippen LogP contribution in [0.5, 0.6) is 0 Å². The summed E-state index contributed by atoms with van der Waals surface area (Å²) in [6.07, 6.45) is 10.4. The normalized spacial score (nSPS) is 16.2. The minimum atomic E-state index is 0.108. The second kappa shape index (κ2) is 8.68. The van der Waals surface area contributed by atoms with Gasteiger partial charge in [0, 0.05) is 18.0 Å². The number of hydrogen-bond acceptors (Lipinski definition) is 2. The van der Waals surface area contributed by atoms with Gasteiger partial charge in [0.15, 0.2) is 0 Å². The highest BCUT2D eigenvalue weighted by atomic mass is 15.2. The first kappa shape index (κ1) is 16.8. The molecular formula is C22H28N2. The zero-order chi connectivity index (χ0) is 16.6. The van der Waals surface area contributed by atoms with Crippen LogP contribution in [0.25, 0.3) is 6.20 Å². The maximum Gasteiger partial charge on any atom is 0.147 e. The Morgan fingerprint density at radius 3 is 2.38 bits per heavy atom. The van der Waals surface area contributed by atoms with Crippen LogP contribution in [0, 0.1) is 0 Å². The van der Waals surface area contributed by atoms with Crippen molar-refractivity contribution in [3.05, 3.63) is 70.7 Å². The van der Waals surface area contributed by atoms with Crippen LogP contribution in [0.1, 0.15) is 57.2 Å². The summed E-state index contributed by atoms with van der Waals surface area (Å²) in [7, 11) is 0. The summed E-state index contributed by atoms with van der Waals surface area (Å²) in [5.74, 6) is 0. The fourth-order valence-electron chi connectivity index (χ4n) is 3.32. The van der Waals surface area contributed by atoms with Gasteiger partial charge in [-0.2, -0.15) is 0 Å². The van der Waals surface area contributed by atoms with E-state index < -0.39 is 0 Å². The standard InChI is InChI=1S/C22H28N2/c1-2-3-4-5-6-12-17-24-18-20-15-10-11-16-21(20)23-22(24)19-13-8-7-9-14-19/h7-11,13-16,18,22H,2-6,12,17H2,1H3. The van der Waals surface area contributed by atoms with Gasteiger partial charge in [0.25, 0.3) is 0 Å². The molecule has 1 aliphatic heterocycles. The molecule has 1 heterocycles. The fourth-order valence-corrected chi connectivity index (χ4v) is 3.32. The van der Waals surface area contributed by atoms with Gasteiger partial charge in [-0.15, -0.1) is 0 Å². The quantitative estimate of drug-likeness (QED) is 0.657. The molecule has 0 N–H and O–H groups in total. The maximum absolute atomic E-state index is 5.02. The molecule has 0 amide bonds. The third kappa shape index (κ3) is 4.25. The van der Waals surface area contributed by atoms with Crippen molar-refractivity contribution in [2.24, 2.45) is 4.99 Å². The van der Waals surface area contributed by atoms with Crippen LogP contribution in [0.3, 0.4) is 0 Å². The highest BCUT2D eigenvalue weighted by Crippen LogP contribution is 2.24. The molecule has 0 bridgehead atoms. The molecule has 24 heavy (non-hydrogen) atoms. The number of nitrogens with zero attached hydrogens (tertiary/aromatic N) is 2. The summed E-state index contributed by atoms with van der Waals surface area (Å²) in [4.78, 5) is 7.43. The van der Waals surface area contributed by atoms with E-state index in [4.69, 9.17) is 4.99 Å². The van der Waals surface area contributed by atoms with Crippen molar-refractivity contribution in [2.45, 2.75) is 51.6 Å². The lowest BCUT2D eigenvalue weighted by Gasteiger charge is -2.30. The van der Waals surface area contributed by atoms with Gasteiger partial charge in [-0.3, -0.25) is 4.99 Å². The first-order valence-corrected chi connectivity index (χ1v) is 9.34. The summed E-state index contributed by atoms with van der Waals surface area (Å²) >= 11 is 0. The van der Waals surface area contributed by atoms with E-state index in [2.05, 4.69) is 72.6 Å².